The minimum Gasteiger partial charge on any atom is -0.255 e. The van der Waals surface area contributed by atoms with Crippen molar-refractivity contribution in [1.29, 1.82) is 0 Å². The van der Waals surface area contributed by atoms with Crippen molar-refractivity contribution in [3.8, 4) is 102 Å². The van der Waals surface area contributed by atoms with Gasteiger partial charge in [-0.15, -0.1) is 0 Å². The molecule has 0 radical (unpaired) electrons. The van der Waals surface area contributed by atoms with Crippen LogP contribution in [0, 0.1) is 0 Å². The first-order valence-corrected chi connectivity index (χ1v) is 19.7. The van der Waals surface area contributed by atoms with Gasteiger partial charge in [-0.1, -0.05) is 152 Å². The van der Waals surface area contributed by atoms with Crippen molar-refractivity contribution in [3.63, 3.8) is 0 Å². The zero-order valence-electron chi connectivity index (χ0n) is 32.3. The minimum absolute atomic E-state index is 0.648. The Morgan fingerprint density at radius 1 is 0.217 bits per heavy atom. The summed E-state index contributed by atoms with van der Waals surface area (Å²) in [6, 6.07) is 67.1. The topological polar surface area (TPSA) is 90.2 Å². The van der Waals surface area contributed by atoms with Crippen LogP contribution >= 0.6 is 0 Å². The maximum Gasteiger partial charge on any atom is 0.160 e. The van der Waals surface area contributed by atoms with E-state index in [0.29, 0.717) is 23.0 Å². The first kappa shape index (κ1) is 36.1. The molecule has 0 unspecified atom stereocenters. The van der Waals surface area contributed by atoms with Crippen molar-refractivity contribution >= 4 is 0 Å². The summed E-state index contributed by atoms with van der Waals surface area (Å²) >= 11 is 0. The van der Waals surface area contributed by atoms with Crippen LogP contribution in [0.2, 0.25) is 0 Å². The van der Waals surface area contributed by atoms with Gasteiger partial charge in [0.25, 0.3) is 0 Å². The average molecular weight is 770 g/mol. The molecule has 10 aromatic rings. The highest BCUT2D eigenvalue weighted by molar-refractivity contribution is 5.87. The summed E-state index contributed by atoms with van der Waals surface area (Å²) in [5.41, 5.74) is 13.8. The van der Waals surface area contributed by atoms with E-state index in [4.69, 9.17) is 34.9 Å². The van der Waals surface area contributed by atoms with Crippen LogP contribution < -0.4 is 0 Å². The Bertz CT molecular complexity index is 2950. The fraction of sp³-hybridized carbons (Fsp3) is 0. The van der Waals surface area contributed by atoms with E-state index in [9.17, 15) is 0 Å². The van der Waals surface area contributed by atoms with Crippen molar-refractivity contribution < 1.29 is 0 Å². The summed E-state index contributed by atoms with van der Waals surface area (Å²) in [5.74, 6) is 1.30. The standard InChI is InChI=1S/C53H35N7/c1-5-17-36(18-6-1)45-34-47(59-52(57-45)38-21-9-3-10-22-38)40-28-30-55-49(31-40)51-33-41(32-50(56-51)44-27-15-16-29-54-44)42-25-13-14-26-43(42)48-35-46(37-19-7-2-8-20-37)58-53(60-48)39-23-11-4-12-24-39/h1-35H. The number of pyridine rings is 3. The molecule has 60 heavy (non-hydrogen) atoms. The molecule has 0 aliphatic carbocycles. The fourth-order valence-electron chi connectivity index (χ4n) is 7.28. The molecule has 0 saturated carbocycles. The quantitative estimate of drug-likeness (QED) is 0.144. The summed E-state index contributed by atoms with van der Waals surface area (Å²) in [5, 5.41) is 0. The van der Waals surface area contributed by atoms with Crippen molar-refractivity contribution in [2.45, 2.75) is 0 Å². The molecule has 0 aliphatic rings. The predicted octanol–water partition coefficient (Wildman–Crippen LogP) is 12.5. The largest absolute Gasteiger partial charge is 0.255 e. The van der Waals surface area contributed by atoms with Crippen LogP contribution in [0.3, 0.4) is 0 Å². The van der Waals surface area contributed by atoms with E-state index in [0.717, 1.165) is 78.7 Å². The van der Waals surface area contributed by atoms with Gasteiger partial charge in [0.05, 0.1) is 45.6 Å². The van der Waals surface area contributed by atoms with E-state index in [2.05, 4.69) is 66.7 Å². The second-order valence-electron chi connectivity index (χ2n) is 14.2. The summed E-state index contributed by atoms with van der Waals surface area (Å²) in [4.78, 5) is 35.1. The van der Waals surface area contributed by atoms with Gasteiger partial charge in [0.15, 0.2) is 11.6 Å². The van der Waals surface area contributed by atoms with Gasteiger partial charge in [-0.2, -0.15) is 0 Å². The molecule has 5 aromatic heterocycles. The van der Waals surface area contributed by atoms with Crippen molar-refractivity contribution in [2.75, 3.05) is 0 Å². The van der Waals surface area contributed by atoms with Crippen LogP contribution in [-0.4, -0.2) is 34.9 Å². The molecule has 5 aromatic carbocycles. The minimum atomic E-state index is 0.648. The number of rotatable bonds is 9. The van der Waals surface area contributed by atoms with Crippen molar-refractivity contribution in [1.82, 2.24) is 34.9 Å². The Hall–Kier alpha value is -8.29. The molecule has 0 aliphatic heterocycles. The number of benzene rings is 5. The molecular formula is C53H35N7. The lowest BCUT2D eigenvalue weighted by Gasteiger charge is -2.15. The second kappa shape index (κ2) is 16.3. The monoisotopic (exact) mass is 769 g/mol. The van der Waals surface area contributed by atoms with Gasteiger partial charge in [0.2, 0.25) is 0 Å². The summed E-state index contributed by atoms with van der Waals surface area (Å²) in [7, 11) is 0. The molecule has 0 atom stereocenters. The first-order chi connectivity index (χ1) is 29.7. The molecule has 0 N–H and O–H groups in total. The van der Waals surface area contributed by atoms with Crippen LogP contribution in [0.5, 0.6) is 0 Å². The highest BCUT2D eigenvalue weighted by Crippen LogP contribution is 2.37. The molecule has 282 valence electrons. The maximum atomic E-state index is 5.19. The van der Waals surface area contributed by atoms with Gasteiger partial charge >= 0.3 is 0 Å². The molecule has 0 saturated heterocycles. The van der Waals surface area contributed by atoms with Gasteiger partial charge in [-0.25, -0.2) is 24.9 Å². The average Bonchev–Trinajstić information content (AvgIpc) is 3.35. The van der Waals surface area contributed by atoms with Gasteiger partial charge < -0.3 is 0 Å². The number of nitrogens with zero attached hydrogens (tertiary/aromatic N) is 7. The Labute approximate surface area is 347 Å². The highest BCUT2D eigenvalue weighted by Gasteiger charge is 2.18. The Morgan fingerprint density at radius 3 is 1.22 bits per heavy atom. The molecule has 0 amide bonds. The van der Waals surface area contributed by atoms with Crippen LogP contribution in [0.1, 0.15) is 0 Å². The Kier molecular flexibility index (Phi) is 9.79. The molecule has 7 nitrogen and oxygen atoms in total. The SMILES string of the molecule is c1ccc(-c2cc(-c3ccnc(-c4cc(-c5ccccc5-c5cc(-c6ccccc6)nc(-c6ccccc6)n5)cc(-c5ccccn5)n4)c3)nc(-c3ccccc3)n2)cc1. The Morgan fingerprint density at radius 2 is 0.650 bits per heavy atom. The van der Waals surface area contributed by atoms with Crippen LogP contribution in [0.25, 0.3) is 102 Å². The zero-order valence-corrected chi connectivity index (χ0v) is 32.3. The predicted molar refractivity (Wildman–Crippen MR) is 240 cm³/mol. The smallest absolute Gasteiger partial charge is 0.160 e. The lowest BCUT2D eigenvalue weighted by molar-refractivity contribution is 1.18. The normalized spacial score (nSPS) is 11.0. The van der Waals surface area contributed by atoms with Crippen LogP contribution in [0.15, 0.2) is 213 Å². The number of hydrogen-bond acceptors (Lipinski definition) is 7. The number of hydrogen-bond donors (Lipinski definition) is 0. The number of aromatic nitrogens is 7. The lowest BCUT2D eigenvalue weighted by Crippen LogP contribution is -1.98. The Balaban J connectivity index is 1.13. The van der Waals surface area contributed by atoms with Gasteiger partial charge in [0, 0.05) is 45.8 Å². The van der Waals surface area contributed by atoms with E-state index in [-0.39, 0.29) is 0 Å². The van der Waals surface area contributed by atoms with E-state index in [1.807, 2.05) is 140 Å². The van der Waals surface area contributed by atoms with E-state index >= 15 is 0 Å². The van der Waals surface area contributed by atoms with E-state index in [1.54, 1.807) is 6.20 Å². The van der Waals surface area contributed by atoms with Gasteiger partial charge in [-0.05, 0) is 59.7 Å². The third-order valence-corrected chi connectivity index (χ3v) is 10.2. The van der Waals surface area contributed by atoms with Crippen molar-refractivity contribution in [3.05, 3.63) is 213 Å². The summed E-state index contributed by atoms with van der Waals surface area (Å²) in [6.45, 7) is 0. The first-order valence-electron chi connectivity index (χ1n) is 19.7. The van der Waals surface area contributed by atoms with E-state index < -0.39 is 0 Å². The molecule has 0 fully saturated rings. The fourth-order valence-corrected chi connectivity index (χ4v) is 7.28. The van der Waals surface area contributed by atoms with Gasteiger partial charge in [0.1, 0.15) is 0 Å². The van der Waals surface area contributed by atoms with Crippen LogP contribution in [0.4, 0.5) is 0 Å². The second-order valence-corrected chi connectivity index (χ2v) is 14.2. The molecular weight excluding hydrogens is 735 g/mol. The molecule has 10 rings (SSSR count). The summed E-state index contributed by atoms with van der Waals surface area (Å²) in [6.07, 6.45) is 3.61. The van der Waals surface area contributed by atoms with Gasteiger partial charge in [-0.3, -0.25) is 9.97 Å². The third kappa shape index (κ3) is 7.58. The summed E-state index contributed by atoms with van der Waals surface area (Å²) < 4.78 is 0. The zero-order chi connectivity index (χ0) is 40.1. The maximum absolute atomic E-state index is 5.19. The molecule has 0 spiro atoms. The molecule has 0 bridgehead atoms. The molecule has 5 heterocycles. The molecule has 7 heteroatoms. The lowest BCUT2D eigenvalue weighted by atomic mass is 9.95. The third-order valence-electron chi connectivity index (χ3n) is 10.2. The van der Waals surface area contributed by atoms with E-state index in [1.165, 1.54) is 0 Å². The highest BCUT2D eigenvalue weighted by atomic mass is 14.9. The van der Waals surface area contributed by atoms with Crippen molar-refractivity contribution in [2.24, 2.45) is 0 Å². The van der Waals surface area contributed by atoms with Crippen LogP contribution in [-0.2, 0) is 0 Å².